The summed E-state index contributed by atoms with van der Waals surface area (Å²) in [4.78, 5) is 2.35. The lowest BCUT2D eigenvalue weighted by atomic mass is 9.84. The summed E-state index contributed by atoms with van der Waals surface area (Å²) in [6, 6.07) is 10.2. The minimum absolute atomic E-state index is 0.0955. The van der Waals surface area contributed by atoms with Gasteiger partial charge in [-0.05, 0) is 59.6 Å². The highest BCUT2D eigenvalue weighted by Gasteiger charge is 2.23. The van der Waals surface area contributed by atoms with Crippen molar-refractivity contribution in [2.45, 2.75) is 93.4 Å². The second-order valence-electron chi connectivity index (χ2n) is 10.0. The molecule has 0 saturated carbocycles. The van der Waals surface area contributed by atoms with Crippen LogP contribution < -0.4 is 0 Å². The Bertz CT molecular complexity index is 858. The lowest BCUT2D eigenvalue weighted by molar-refractivity contribution is 0.436. The van der Waals surface area contributed by atoms with Crippen LogP contribution in [0, 0.1) is 0 Å². The number of phenolic OH excluding ortho intramolecular Hbond substituents is 2. The maximum absolute atomic E-state index is 10.8. The zero-order valence-electron chi connectivity index (χ0n) is 19.3. The molecule has 0 heterocycles. The van der Waals surface area contributed by atoms with Gasteiger partial charge in [0.15, 0.2) is 0 Å². The van der Waals surface area contributed by atoms with E-state index in [1.807, 2.05) is 17.8 Å². The summed E-state index contributed by atoms with van der Waals surface area (Å²) in [6.07, 6.45) is 0. The molecule has 2 aromatic rings. The number of aromatic hydroxyl groups is 2. The Morgan fingerprint density at radius 3 is 1.76 bits per heavy atom. The molecule has 2 aromatic carbocycles. The van der Waals surface area contributed by atoms with Gasteiger partial charge in [-0.2, -0.15) is 0 Å². The average Bonchev–Trinajstić information content (AvgIpc) is 2.55. The van der Waals surface area contributed by atoms with Crippen molar-refractivity contribution in [3.05, 3.63) is 47.0 Å². The van der Waals surface area contributed by atoms with Crippen LogP contribution in [0.1, 0.15) is 84.9 Å². The third kappa shape index (κ3) is 6.11. The number of rotatable bonds is 5. The summed E-state index contributed by atoms with van der Waals surface area (Å²) >= 11 is 3.61. The first-order valence-corrected chi connectivity index (χ1v) is 12.0. The quantitative estimate of drug-likeness (QED) is 0.370. The fourth-order valence-corrected chi connectivity index (χ4v) is 5.64. The molecule has 0 saturated heterocycles. The number of hydrogen-bond donors (Lipinski definition) is 2. The van der Waals surface area contributed by atoms with Crippen LogP contribution in [0.15, 0.2) is 40.1 Å². The molecule has 0 spiro atoms. The van der Waals surface area contributed by atoms with Crippen LogP contribution in [0.4, 0.5) is 0 Å². The highest BCUT2D eigenvalue weighted by molar-refractivity contribution is 8.17. The molecule has 1 atom stereocenters. The molecule has 1 unspecified atom stereocenters. The molecule has 0 radical (unpaired) electrons. The molecule has 4 heteroatoms. The van der Waals surface area contributed by atoms with E-state index in [1.54, 1.807) is 17.8 Å². The maximum atomic E-state index is 10.8. The molecule has 2 N–H and O–H groups in total. The molecule has 0 fully saturated rings. The number of thioether (sulfide) groups is 2. The molecule has 0 aliphatic heterocycles. The minimum atomic E-state index is -0.112. The fourth-order valence-electron chi connectivity index (χ4n) is 3.31. The number of benzene rings is 2. The van der Waals surface area contributed by atoms with Crippen molar-refractivity contribution < 1.29 is 10.2 Å². The standard InChI is InChI=1S/C25H36O2S2/c1-15(2)19-12-18(14-21(23(19)27)25(7,8)9)29-16(3)28-17-10-11-22(26)20(13-17)24(4,5)6/h10-16,26-27H,1-9H3. The Hall–Kier alpha value is -1.26. The van der Waals surface area contributed by atoms with Gasteiger partial charge < -0.3 is 10.2 Å². The molecular weight excluding hydrogens is 396 g/mol. The van der Waals surface area contributed by atoms with Gasteiger partial charge in [-0.25, -0.2) is 0 Å². The van der Waals surface area contributed by atoms with E-state index in [2.05, 4.69) is 80.5 Å². The lowest BCUT2D eigenvalue weighted by Gasteiger charge is -2.25. The normalized spacial score (nSPS) is 13.7. The van der Waals surface area contributed by atoms with Gasteiger partial charge >= 0.3 is 0 Å². The number of hydrogen-bond acceptors (Lipinski definition) is 4. The molecule has 0 aromatic heterocycles. The predicted molar refractivity (Wildman–Crippen MR) is 129 cm³/mol. The highest BCUT2D eigenvalue weighted by atomic mass is 32.2. The van der Waals surface area contributed by atoms with Crippen LogP contribution >= 0.6 is 23.5 Å². The summed E-state index contributed by atoms with van der Waals surface area (Å²) in [5.41, 5.74) is 2.78. The molecule has 29 heavy (non-hydrogen) atoms. The smallest absolute Gasteiger partial charge is 0.122 e. The van der Waals surface area contributed by atoms with E-state index in [4.69, 9.17) is 0 Å². The van der Waals surface area contributed by atoms with Crippen LogP contribution in [-0.2, 0) is 10.8 Å². The molecule has 2 rings (SSSR count). The molecule has 160 valence electrons. The minimum Gasteiger partial charge on any atom is -0.508 e. The van der Waals surface area contributed by atoms with E-state index < -0.39 is 0 Å². The van der Waals surface area contributed by atoms with Crippen molar-refractivity contribution in [3.8, 4) is 11.5 Å². The van der Waals surface area contributed by atoms with Gasteiger partial charge in [0.2, 0.25) is 0 Å². The van der Waals surface area contributed by atoms with Crippen molar-refractivity contribution in [2.75, 3.05) is 0 Å². The van der Waals surface area contributed by atoms with Gasteiger partial charge in [0, 0.05) is 20.9 Å². The monoisotopic (exact) mass is 432 g/mol. The summed E-state index contributed by atoms with van der Waals surface area (Å²) in [5.74, 6) is 1.06. The largest absolute Gasteiger partial charge is 0.508 e. The Morgan fingerprint density at radius 1 is 0.724 bits per heavy atom. The fraction of sp³-hybridized carbons (Fsp3) is 0.520. The van der Waals surface area contributed by atoms with Gasteiger partial charge in [0.25, 0.3) is 0 Å². The van der Waals surface area contributed by atoms with Crippen molar-refractivity contribution in [2.24, 2.45) is 0 Å². The van der Waals surface area contributed by atoms with Gasteiger partial charge in [0.1, 0.15) is 11.5 Å². The summed E-state index contributed by atoms with van der Waals surface area (Å²) < 4.78 is 0.296. The average molecular weight is 433 g/mol. The molecule has 0 amide bonds. The Morgan fingerprint density at radius 2 is 1.24 bits per heavy atom. The van der Waals surface area contributed by atoms with Gasteiger partial charge in [-0.1, -0.05) is 55.4 Å². The molecule has 2 nitrogen and oxygen atoms in total. The van der Waals surface area contributed by atoms with E-state index >= 15 is 0 Å². The molecule has 0 aliphatic rings. The van der Waals surface area contributed by atoms with E-state index in [0.29, 0.717) is 16.1 Å². The molecule has 0 aliphatic carbocycles. The number of phenols is 2. The van der Waals surface area contributed by atoms with E-state index in [0.717, 1.165) is 21.6 Å². The van der Waals surface area contributed by atoms with Gasteiger partial charge in [-0.15, -0.1) is 23.5 Å². The van der Waals surface area contributed by atoms with Crippen molar-refractivity contribution in [1.82, 2.24) is 0 Å². The van der Waals surface area contributed by atoms with Crippen LogP contribution in [0.3, 0.4) is 0 Å². The Balaban J connectivity index is 2.29. The van der Waals surface area contributed by atoms with E-state index in [1.165, 1.54) is 4.90 Å². The predicted octanol–water partition coefficient (Wildman–Crippen LogP) is 8.05. The summed E-state index contributed by atoms with van der Waals surface area (Å²) in [7, 11) is 0. The lowest BCUT2D eigenvalue weighted by Crippen LogP contribution is -2.13. The zero-order valence-corrected chi connectivity index (χ0v) is 20.9. The summed E-state index contributed by atoms with van der Waals surface area (Å²) in [5, 5.41) is 21.0. The Labute approximate surface area is 185 Å². The topological polar surface area (TPSA) is 40.5 Å². The Kier molecular flexibility index (Phi) is 7.33. The highest BCUT2D eigenvalue weighted by Crippen LogP contribution is 2.43. The molecule has 0 bridgehead atoms. The second kappa shape index (κ2) is 8.85. The van der Waals surface area contributed by atoms with E-state index in [-0.39, 0.29) is 16.7 Å². The first-order valence-electron chi connectivity index (χ1n) is 10.2. The van der Waals surface area contributed by atoms with Crippen LogP contribution in [0.5, 0.6) is 11.5 Å². The second-order valence-corrected chi connectivity index (χ2v) is 13.2. The van der Waals surface area contributed by atoms with E-state index in [9.17, 15) is 10.2 Å². The maximum Gasteiger partial charge on any atom is 0.122 e. The third-order valence-corrected chi connectivity index (χ3v) is 7.20. The first kappa shape index (κ1) is 24.0. The SMILES string of the molecule is CC(Sc1ccc(O)c(C(C)(C)C)c1)Sc1cc(C(C)C)c(O)c(C(C)(C)C)c1. The molecular formula is C25H36O2S2. The van der Waals surface area contributed by atoms with Gasteiger partial charge in [0.05, 0.1) is 4.58 Å². The van der Waals surface area contributed by atoms with Gasteiger partial charge in [-0.3, -0.25) is 0 Å². The first-order chi connectivity index (χ1) is 13.2. The van der Waals surface area contributed by atoms with Crippen molar-refractivity contribution in [3.63, 3.8) is 0 Å². The van der Waals surface area contributed by atoms with Crippen LogP contribution in [0.25, 0.3) is 0 Å². The third-order valence-electron chi connectivity index (χ3n) is 4.92. The van der Waals surface area contributed by atoms with Crippen LogP contribution in [-0.4, -0.2) is 14.8 Å². The summed E-state index contributed by atoms with van der Waals surface area (Å²) in [6.45, 7) is 19.2. The zero-order chi connectivity index (χ0) is 22.1. The van der Waals surface area contributed by atoms with Crippen molar-refractivity contribution >= 4 is 23.5 Å². The van der Waals surface area contributed by atoms with Crippen molar-refractivity contribution in [1.29, 1.82) is 0 Å². The van der Waals surface area contributed by atoms with Crippen LogP contribution in [0.2, 0.25) is 0 Å².